The van der Waals surface area contributed by atoms with Gasteiger partial charge in [0.1, 0.15) is 0 Å². The number of carbonyl (C=O) groups is 1. The molecule has 0 unspecified atom stereocenters. The van der Waals surface area contributed by atoms with Crippen molar-refractivity contribution in [3.63, 3.8) is 0 Å². The molecule has 2 aromatic heterocycles. The highest BCUT2D eigenvalue weighted by Gasteiger charge is 2.44. The van der Waals surface area contributed by atoms with Crippen molar-refractivity contribution < 1.29 is 9.90 Å². The van der Waals surface area contributed by atoms with Crippen LogP contribution in [0.1, 0.15) is 19.3 Å². The molecular weight excluding hydrogens is 250 g/mol. The maximum absolute atomic E-state index is 10.8. The fraction of sp³-hybridized carbons (Fsp3) is 0.417. The second-order valence-electron chi connectivity index (χ2n) is 4.77. The zero-order valence-electron chi connectivity index (χ0n) is 9.74. The number of carboxylic acids is 1. The highest BCUT2D eigenvalue weighted by molar-refractivity contribution is 7.99. The van der Waals surface area contributed by atoms with Crippen molar-refractivity contribution in [2.45, 2.75) is 24.4 Å². The van der Waals surface area contributed by atoms with Crippen LogP contribution in [-0.2, 0) is 4.79 Å². The van der Waals surface area contributed by atoms with Crippen LogP contribution in [-0.4, -0.2) is 31.4 Å². The Kier molecular flexibility index (Phi) is 2.74. The van der Waals surface area contributed by atoms with E-state index in [1.54, 1.807) is 11.8 Å². The number of rotatable bonds is 5. The van der Waals surface area contributed by atoms with Crippen LogP contribution in [0.15, 0.2) is 29.6 Å². The van der Waals surface area contributed by atoms with Crippen LogP contribution >= 0.6 is 11.8 Å². The first kappa shape index (κ1) is 11.5. The van der Waals surface area contributed by atoms with Crippen molar-refractivity contribution in [2.75, 3.05) is 5.75 Å². The lowest BCUT2D eigenvalue weighted by Crippen LogP contribution is -2.11. The zero-order chi connectivity index (χ0) is 12.6. The van der Waals surface area contributed by atoms with Crippen LogP contribution in [0.25, 0.3) is 5.65 Å². The minimum absolute atomic E-state index is 0.0168. The van der Waals surface area contributed by atoms with Gasteiger partial charge in [0.05, 0.1) is 6.42 Å². The molecule has 2 heterocycles. The van der Waals surface area contributed by atoms with Crippen LogP contribution in [0.5, 0.6) is 0 Å². The van der Waals surface area contributed by atoms with E-state index in [4.69, 9.17) is 5.11 Å². The molecule has 3 rings (SSSR count). The summed E-state index contributed by atoms with van der Waals surface area (Å²) in [6.07, 6.45) is 4.19. The third-order valence-corrected chi connectivity index (χ3v) is 4.57. The lowest BCUT2D eigenvalue weighted by Gasteiger charge is -2.10. The van der Waals surface area contributed by atoms with Gasteiger partial charge in [-0.2, -0.15) is 0 Å². The second kappa shape index (κ2) is 4.28. The van der Waals surface area contributed by atoms with E-state index in [1.807, 2.05) is 28.8 Å². The van der Waals surface area contributed by atoms with Gasteiger partial charge in [-0.15, -0.1) is 10.2 Å². The van der Waals surface area contributed by atoms with Crippen LogP contribution < -0.4 is 0 Å². The lowest BCUT2D eigenvalue weighted by atomic mass is 10.1. The number of hydrogen-bond acceptors (Lipinski definition) is 4. The molecule has 1 saturated carbocycles. The molecule has 0 atom stereocenters. The van der Waals surface area contributed by atoms with Gasteiger partial charge < -0.3 is 5.11 Å². The van der Waals surface area contributed by atoms with E-state index in [9.17, 15) is 4.79 Å². The number of nitrogens with zero attached hydrogens (tertiary/aromatic N) is 3. The summed E-state index contributed by atoms with van der Waals surface area (Å²) in [6, 6.07) is 5.76. The van der Waals surface area contributed by atoms with Crippen molar-refractivity contribution in [3.8, 4) is 0 Å². The van der Waals surface area contributed by atoms with E-state index < -0.39 is 5.97 Å². The fourth-order valence-electron chi connectivity index (χ4n) is 2.01. The van der Waals surface area contributed by atoms with E-state index >= 15 is 0 Å². The van der Waals surface area contributed by atoms with Gasteiger partial charge in [-0.1, -0.05) is 17.8 Å². The molecule has 1 fully saturated rings. The molecule has 0 radical (unpaired) electrons. The van der Waals surface area contributed by atoms with Crippen LogP contribution in [0.3, 0.4) is 0 Å². The Morgan fingerprint density at radius 2 is 2.28 bits per heavy atom. The summed E-state index contributed by atoms with van der Waals surface area (Å²) >= 11 is 1.59. The van der Waals surface area contributed by atoms with Gasteiger partial charge in [0.2, 0.25) is 0 Å². The monoisotopic (exact) mass is 263 g/mol. The highest BCUT2D eigenvalue weighted by Crippen LogP contribution is 2.51. The summed E-state index contributed by atoms with van der Waals surface area (Å²) in [7, 11) is 0. The molecule has 6 heteroatoms. The standard InChI is InChI=1S/C12H13N3O2S/c16-10(17)7-12(4-5-12)8-18-11-14-13-9-3-1-2-6-15(9)11/h1-3,6H,4-5,7-8H2,(H,16,17). The maximum atomic E-state index is 10.8. The van der Waals surface area contributed by atoms with E-state index in [1.165, 1.54) is 0 Å². The Bertz CT molecular complexity index is 592. The van der Waals surface area contributed by atoms with Gasteiger partial charge in [0, 0.05) is 11.9 Å². The Labute approximate surface area is 108 Å². The zero-order valence-corrected chi connectivity index (χ0v) is 10.6. The summed E-state index contributed by atoms with van der Waals surface area (Å²) < 4.78 is 1.93. The molecule has 2 aromatic rings. The third kappa shape index (κ3) is 2.20. The SMILES string of the molecule is O=C(O)CC1(CSc2nnc3ccccn23)CC1. The van der Waals surface area contributed by atoms with E-state index in [0.29, 0.717) is 0 Å². The molecule has 5 nitrogen and oxygen atoms in total. The van der Waals surface area contributed by atoms with Crippen LogP contribution in [0, 0.1) is 5.41 Å². The predicted molar refractivity (Wildman–Crippen MR) is 67.6 cm³/mol. The Hall–Kier alpha value is -1.56. The van der Waals surface area contributed by atoms with Crippen molar-refractivity contribution in [2.24, 2.45) is 5.41 Å². The van der Waals surface area contributed by atoms with Gasteiger partial charge in [0.15, 0.2) is 10.8 Å². The molecule has 0 saturated heterocycles. The van der Waals surface area contributed by atoms with E-state index in [2.05, 4.69) is 10.2 Å². The molecule has 0 aromatic carbocycles. The number of thioether (sulfide) groups is 1. The second-order valence-corrected chi connectivity index (χ2v) is 5.71. The van der Waals surface area contributed by atoms with Crippen molar-refractivity contribution in [3.05, 3.63) is 24.4 Å². The van der Waals surface area contributed by atoms with Gasteiger partial charge >= 0.3 is 5.97 Å². The van der Waals surface area contributed by atoms with Gasteiger partial charge in [-0.25, -0.2) is 0 Å². The van der Waals surface area contributed by atoms with E-state index in [-0.39, 0.29) is 11.8 Å². The van der Waals surface area contributed by atoms with Gasteiger partial charge in [-0.05, 0) is 30.4 Å². The average molecular weight is 263 g/mol. The molecule has 0 spiro atoms. The summed E-state index contributed by atoms with van der Waals surface area (Å²) in [4.78, 5) is 10.8. The summed E-state index contributed by atoms with van der Waals surface area (Å²) in [5.74, 6) is 0.0915. The first-order valence-corrected chi connectivity index (χ1v) is 6.82. The van der Waals surface area contributed by atoms with Crippen molar-refractivity contribution in [1.29, 1.82) is 0 Å². The number of hydrogen-bond donors (Lipinski definition) is 1. The predicted octanol–water partition coefficient (Wildman–Crippen LogP) is 2.08. The fourth-order valence-corrected chi connectivity index (χ4v) is 3.22. The Balaban J connectivity index is 1.72. The number of aromatic nitrogens is 3. The third-order valence-electron chi connectivity index (χ3n) is 3.27. The molecule has 0 bridgehead atoms. The Morgan fingerprint density at radius 3 is 3.00 bits per heavy atom. The lowest BCUT2D eigenvalue weighted by molar-refractivity contribution is -0.138. The summed E-state index contributed by atoms with van der Waals surface area (Å²) in [6.45, 7) is 0. The Morgan fingerprint density at radius 1 is 1.44 bits per heavy atom. The molecule has 1 N–H and O–H groups in total. The normalized spacial score (nSPS) is 16.9. The van der Waals surface area contributed by atoms with Crippen LogP contribution in [0.2, 0.25) is 0 Å². The number of fused-ring (bicyclic) bond motifs is 1. The first-order chi connectivity index (χ1) is 8.69. The maximum Gasteiger partial charge on any atom is 0.303 e. The number of pyridine rings is 1. The van der Waals surface area contributed by atoms with Crippen LogP contribution in [0.4, 0.5) is 0 Å². The highest BCUT2D eigenvalue weighted by atomic mass is 32.2. The minimum Gasteiger partial charge on any atom is -0.481 e. The molecule has 94 valence electrons. The first-order valence-electron chi connectivity index (χ1n) is 5.83. The average Bonchev–Trinajstić information content (AvgIpc) is 2.98. The largest absolute Gasteiger partial charge is 0.481 e. The smallest absolute Gasteiger partial charge is 0.303 e. The molecule has 18 heavy (non-hydrogen) atoms. The molecule has 0 aliphatic heterocycles. The number of aliphatic carboxylic acids is 1. The molecular formula is C12H13N3O2S. The summed E-state index contributed by atoms with van der Waals surface area (Å²) in [5.41, 5.74) is 0.806. The van der Waals surface area contributed by atoms with Crippen molar-refractivity contribution >= 4 is 23.4 Å². The molecule has 0 amide bonds. The quantitative estimate of drug-likeness (QED) is 0.836. The minimum atomic E-state index is -0.709. The number of carboxylic acid groups (broad SMARTS) is 1. The topological polar surface area (TPSA) is 67.5 Å². The van der Waals surface area contributed by atoms with Crippen molar-refractivity contribution in [1.82, 2.24) is 14.6 Å². The molecule has 1 aliphatic rings. The molecule has 1 aliphatic carbocycles. The van der Waals surface area contributed by atoms with Gasteiger partial charge in [0.25, 0.3) is 0 Å². The van der Waals surface area contributed by atoms with Gasteiger partial charge in [-0.3, -0.25) is 9.20 Å². The van der Waals surface area contributed by atoms with E-state index in [0.717, 1.165) is 29.4 Å². The summed E-state index contributed by atoms with van der Waals surface area (Å²) in [5, 5.41) is 17.9.